The first-order chi connectivity index (χ1) is 10.7. The van der Waals surface area contributed by atoms with Crippen molar-refractivity contribution in [3.8, 4) is 0 Å². The molecule has 0 aliphatic carbocycles. The van der Waals surface area contributed by atoms with E-state index < -0.39 is 0 Å². The van der Waals surface area contributed by atoms with Crippen LogP contribution in [0.4, 0.5) is 11.4 Å². The van der Waals surface area contributed by atoms with Crippen molar-refractivity contribution in [1.82, 2.24) is 10.4 Å². The van der Waals surface area contributed by atoms with Crippen LogP contribution < -0.4 is 16.1 Å². The van der Waals surface area contributed by atoms with Gasteiger partial charge in [0.2, 0.25) is 0 Å². The van der Waals surface area contributed by atoms with Crippen LogP contribution in [0.3, 0.4) is 0 Å². The maximum Gasteiger partial charge on any atom is 0.191 e. The quantitative estimate of drug-likeness (QED) is 0.582. The van der Waals surface area contributed by atoms with E-state index in [1.807, 2.05) is 30.3 Å². The number of anilines is 2. The molecule has 1 aliphatic heterocycles. The fourth-order valence-corrected chi connectivity index (χ4v) is 2.53. The van der Waals surface area contributed by atoms with E-state index in [-0.39, 0.29) is 0 Å². The summed E-state index contributed by atoms with van der Waals surface area (Å²) in [6, 6.07) is 11.4. The summed E-state index contributed by atoms with van der Waals surface area (Å²) in [4.78, 5) is 4.34. The molecular formula is C15H14ClN5S. The summed E-state index contributed by atoms with van der Waals surface area (Å²) in [6.07, 6.45) is 2.42. The van der Waals surface area contributed by atoms with Gasteiger partial charge in [-0.05, 0) is 30.4 Å². The maximum atomic E-state index is 6.16. The molecule has 3 N–H and O–H groups in total. The number of aromatic nitrogens is 1. The smallest absolute Gasteiger partial charge is 0.191 e. The Hall–Kier alpha value is -2.18. The van der Waals surface area contributed by atoms with Gasteiger partial charge in [-0.3, -0.25) is 10.4 Å². The Bertz CT molecular complexity index is 717. The van der Waals surface area contributed by atoms with Crippen LogP contribution in [0, 0.1) is 0 Å². The molecule has 0 unspecified atom stereocenters. The van der Waals surface area contributed by atoms with Gasteiger partial charge in [-0.25, -0.2) is 0 Å². The van der Waals surface area contributed by atoms with Gasteiger partial charge in [-0.1, -0.05) is 29.8 Å². The van der Waals surface area contributed by atoms with Gasteiger partial charge in [-0.2, -0.15) is 5.10 Å². The third-order valence-corrected chi connectivity index (χ3v) is 3.67. The number of rotatable bonds is 2. The molecule has 7 heteroatoms. The number of fused-ring (bicyclic) bond motifs is 1. The fraction of sp³-hybridized carbons (Fsp3) is 0.133. The Morgan fingerprint density at radius 2 is 2.09 bits per heavy atom. The van der Waals surface area contributed by atoms with E-state index in [1.165, 1.54) is 0 Å². The number of hydrazone groups is 1. The van der Waals surface area contributed by atoms with E-state index in [4.69, 9.17) is 23.8 Å². The molecule has 0 fully saturated rings. The van der Waals surface area contributed by atoms with E-state index >= 15 is 0 Å². The zero-order valence-electron chi connectivity index (χ0n) is 11.6. The van der Waals surface area contributed by atoms with E-state index in [0.717, 1.165) is 35.7 Å². The van der Waals surface area contributed by atoms with E-state index in [9.17, 15) is 0 Å². The Morgan fingerprint density at radius 1 is 1.27 bits per heavy atom. The summed E-state index contributed by atoms with van der Waals surface area (Å²) in [5, 5.41) is 11.7. The Labute approximate surface area is 138 Å². The second-order valence-corrected chi connectivity index (χ2v) is 5.50. The van der Waals surface area contributed by atoms with E-state index in [1.54, 1.807) is 12.3 Å². The van der Waals surface area contributed by atoms with Crippen LogP contribution >= 0.6 is 23.8 Å². The molecule has 2 heterocycles. The van der Waals surface area contributed by atoms with Gasteiger partial charge in [0.1, 0.15) is 5.69 Å². The van der Waals surface area contributed by atoms with Gasteiger partial charge in [0.15, 0.2) is 5.11 Å². The molecule has 3 rings (SSSR count). The van der Waals surface area contributed by atoms with Gasteiger partial charge >= 0.3 is 0 Å². The molecule has 1 aromatic heterocycles. The number of hydrogen-bond acceptors (Lipinski definition) is 4. The SMILES string of the molecule is S=C(N/N=C1/CCNc2c(Cl)ccnc21)Nc1ccccc1. The molecule has 0 bridgehead atoms. The highest BCUT2D eigenvalue weighted by molar-refractivity contribution is 7.80. The number of halogens is 1. The molecule has 0 saturated carbocycles. The van der Waals surface area contributed by atoms with Crippen LogP contribution in [0.5, 0.6) is 0 Å². The van der Waals surface area contributed by atoms with Crippen LogP contribution in [0.15, 0.2) is 47.7 Å². The first kappa shape index (κ1) is 14.7. The molecular weight excluding hydrogens is 318 g/mol. The molecule has 0 spiro atoms. The van der Waals surface area contributed by atoms with Crippen molar-refractivity contribution in [3.63, 3.8) is 0 Å². The van der Waals surface area contributed by atoms with Gasteiger partial charge in [0, 0.05) is 24.8 Å². The van der Waals surface area contributed by atoms with Crippen molar-refractivity contribution in [2.45, 2.75) is 6.42 Å². The lowest BCUT2D eigenvalue weighted by Gasteiger charge is -2.19. The average Bonchev–Trinajstić information content (AvgIpc) is 2.54. The number of para-hydroxylation sites is 1. The Morgan fingerprint density at radius 3 is 2.91 bits per heavy atom. The number of nitrogens with one attached hydrogen (secondary N) is 3. The molecule has 1 aliphatic rings. The largest absolute Gasteiger partial charge is 0.382 e. The summed E-state index contributed by atoms with van der Waals surface area (Å²) in [5.74, 6) is 0. The van der Waals surface area contributed by atoms with Crippen LogP contribution in [0.2, 0.25) is 5.02 Å². The highest BCUT2D eigenvalue weighted by Gasteiger charge is 2.19. The minimum Gasteiger partial charge on any atom is -0.382 e. The normalized spacial score (nSPS) is 14.9. The lowest BCUT2D eigenvalue weighted by molar-refractivity contribution is 0.976. The number of thiocarbonyl (C=S) groups is 1. The molecule has 1 aromatic carbocycles. The minimum atomic E-state index is 0.431. The third-order valence-electron chi connectivity index (χ3n) is 3.16. The second kappa shape index (κ2) is 6.72. The van der Waals surface area contributed by atoms with Gasteiger partial charge in [-0.15, -0.1) is 0 Å². The standard InChI is InChI=1S/C15H14ClN5S/c16-11-6-8-18-14-12(7-9-17-13(11)14)20-21-15(22)19-10-4-2-1-3-5-10/h1-6,8,17H,7,9H2,(H2,19,21,22)/b20-12-. The summed E-state index contributed by atoms with van der Waals surface area (Å²) in [5.41, 5.74) is 6.17. The Kier molecular flexibility index (Phi) is 4.50. The Balaban J connectivity index is 1.72. The van der Waals surface area contributed by atoms with Crippen LogP contribution in [-0.2, 0) is 0 Å². The van der Waals surface area contributed by atoms with Gasteiger partial charge in [0.05, 0.1) is 16.4 Å². The first-order valence-corrected chi connectivity index (χ1v) is 7.60. The summed E-state index contributed by atoms with van der Waals surface area (Å²) in [6.45, 7) is 0.762. The summed E-state index contributed by atoms with van der Waals surface area (Å²) in [7, 11) is 0. The van der Waals surface area contributed by atoms with E-state index in [2.05, 4.69) is 26.1 Å². The van der Waals surface area contributed by atoms with Gasteiger partial charge < -0.3 is 10.6 Å². The fourth-order valence-electron chi connectivity index (χ4n) is 2.16. The molecule has 0 radical (unpaired) electrons. The lowest BCUT2D eigenvalue weighted by Crippen LogP contribution is -2.28. The van der Waals surface area contributed by atoms with Crippen LogP contribution in [-0.4, -0.2) is 22.4 Å². The highest BCUT2D eigenvalue weighted by Crippen LogP contribution is 2.28. The molecule has 2 aromatic rings. The van der Waals surface area contributed by atoms with Crippen LogP contribution in [0.25, 0.3) is 0 Å². The van der Waals surface area contributed by atoms with Crippen molar-refractivity contribution >= 4 is 46.0 Å². The zero-order chi connectivity index (χ0) is 15.4. The number of benzene rings is 1. The maximum absolute atomic E-state index is 6.16. The topological polar surface area (TPSA) is 61.3 Å². The number of pyridine rings is 1. The van der Waals surface area contributed by atoms with Crippen LogP contribution in [0.1, 0.15) is 12.1 Å². The average molecular weight is 332 g/mol. The molecule has 0 saturated heterocycles. The van der Waals surface area contributed by atoms with E-state index in [0.29, 0.717) is 10.1 Å². The monoisotopic (exact) mass is 331 g/mol. The van der Waals surface area contributed by atoms with Crippen molar-refractivity contribution in [1.29, 1.82) is 0 Å². The highest BCUT2D eigenvalue weighted by atomic mass is 35.5. The second-order valence-electron chi connectivity index (χ2n) is 4.68. The zero-order valence-corrected chi connectivity index (χ0v) is 13.2. The van der Waals surface area contributed by atoms with Crippen molar-refractivity contribution in [2.24, 2.45) is 5.10 Å². The van der Waals surface area contributed by atoms with Crippen molar-refractivity contribution in [2.75, 3.05) is 17.2 Å². The molecule has 0 amide bonds. The molecule has 0 atom stereocenters. The molecule has 22 heavy (non-hydrogen) atoms. The molecule has 112 valence electrons. The third kappa shape index (κ3) is 3.35. The minimum absolute atomic E-state index is 0.431. The predicted molar refractivity (Wildman–Crippen MR) is 94.7 cm³/mol. The summed E-state index contributed by atoms with van der Waals surface area (Å²) < 4.78 is 0. The lowest BCUT2D eigenvalue weighted by atomic mass is 10.1. The van der Waals surface area contributed by atoms with Crippen molar-refractivity contribution < 1.29 is 0 Å². The molecule has 5 nitrogen and oxygen atoms in total. The van der Waals surface area contributed by atoms with Crippen molar-refractivity contribution in [3.05, 3.63) is 53.3 Å². The predicted octanol–water partition coefficient (Wildman–Crippen LogP) is 3.24. The first-order valence-electron chi connectivity index (χ1n) is 6.81. The number of hydrogen-bond donors (Lipinski definition) is 3. The van der Waals surface area contributed by atoms with Gasteiger partial charge in [0.25, 0.3) is 0 Å². The summed E-state index contributed by atoms with van der Waals surface area (Å²) >= 11 is 11.4. The number of nitrogens with zero attached hydrogens (tertiary/aromatic N) is 2.